The van der Waals surface area contributed by atoms with Gasteiger partial charge in [0.25, 0.3) is 0 Å². The molecule has 2 N–H and O–H groups in total. The first-order valence-corrected chi connectivity index (χ1v) is 11.1. The van der Waals surface area contributed by atoms with E-state index in [1.807, 2.05) is 30.3 Å². The molecule has 0 aromatic heterocycles. The van der Waals surface area contributed by atoms with Crippen LogP contribution in [-0.2, 0) is 16.0 Å². The Morgan fingerprint density at radius 1 is 1.04 bits per heavy atom. The smallest absolute Gasteiger partial charge is 0.412 e. The molecule has 0 saturated heterocycles. The van der Waals surface area contributed by atoms with E-state index in [-0.39, 0.29) is 5.57 Å². The van der Waals surface area contributed by atoms with Crippen LogP contribution in [-0.4, -0.2) is 29.5 Å². The molecule has 0 radical (unpaired) electrons. The summed E-state index contributed by atoms with van der Waals surface area (Å²) in [4.78, 5) is 23.6. The zero-order chi connectivity index (χ0) is 20.6. The highest BCUT2D eigenvalue weighted by molar-refractivity contribution is 8.03. The fraction of sp³-hybridized carbons (Fsp3) is 0.545. The van der Waals surface area contributed by atoms with Crippen molar-refractivity contribution < 1.29 is 19.4 Å². The van der Waals surface area contributed by atoms with Crippen molar-refractivity contribution in [2.75, 3.05) is 12.4 Å². The van der Waals surface area contributed by atoms with E-state index in [0.717, 1.165) is 25.7 Å². The average molecular weight is 408 g/mol. The lowest BCUT2D eigenvalue weighted by molar-refractivity contribution is -0.132. The molecule has 0 unspecified atom stereocenters. The molecule has 1 rings (SSSR count). The summed E-state index contributed by atoms with van der Waals surface area (Å²) in [5.41, 5.74) is 1.38. The molecular formula is C22H33NO4S. The zero-order valence-corrected chi connectivity index (χ0v) is 17.9. The maximum absolute atomic E-state index is 12.1. The van der Waals surface area contributed by atoms with Crippen LogP contribution in [0.2, 0.25) is 0 Å². The number of unbranched alkanes of at least 4 members (excludes halogenated alkanes) is 5. The minimum atomic E-state index is -1.01. The second kappa shape index (κ2) is 15.0. The van der Waals surface area contributed by atoms with Crippen molar-refractivity contribution in [3.8, 4) is 0 Å². The number of rotatable bonds is 14. The summed E-state index contributed by atoms with van der Waals surface area (Å²) >= 11 is 1.35. The summed E-state index contributed by atoms with van der Waals surface area (Å²) in [5.74, 6) is -0.339. The van der Waals surface area contributed by atoms with Gasteiger partial charge in [-0.3, -0.25) is 5.32 Å². The van der Waals surface area contributed by atoms with E-state index < -0.39 is 12.1 Å². The third-order valence-corrected chi connectivity index (χ3v) is 5.36. The number of thioether (sulfide) groups is 1. The van der Waals surface area contributed by atoms with Crippen LogP contribution in [0.15, 0.2) is 40.9 Å². The van der Waals surface area contributed by atoms with Gasteiger partial charge in [0, 0.05) is 5.75 Å². The monoisotopic (exact) mass is 407 g/mol. The molecule has 1 amide bonds. The lowest BCUT2D eigenvalue weighted by Crippen LogP contribution is -2.25. The van der Waals surface area contributed by atoms with Crippen molar-refractivity contribution in [2.24, 2.45) is 0 Å². The van der Waals surface area contributed by atoms with Gasteiger partial charge in [-0.05, 0) is 24.8 Å². The summed E-state index contributed by atoms with van der Waals surface area (Å²) in [6, 6.07) is 9.98. The molecule has 1 aromatic carbocycles. The van der Waals surface area contributed by atoms with E-state index in [4.69, 9.17) is 4.74 Å². The van der Waals surface area contributed by atoms with Crippen molar-refractivity contribution in [2.45, 2.75) is 65.2 Å². The van der Waals surface area contributed by atoms with Crippen LogP contribution in [0.3, 0.4) is 0 Å². The molecule has 6 heteroatoms. The number of nitrogens with one attached hydrogen (secondary N) is 1. The number of aliphatic carboxylic acids is 1. The van der Waals surface area contributed by atoms with Gasteiger partial charge in [-0.1, -0.05) is 76.3 Å². The number of ether oxygens (including phenoxy) is 1. The maximum atomic E-state index is 12.1. The van der Waals surface area contributed by atoms with E-state index in [1.165, 1.54) is 36.6 Å². The summed E-state index contributed by atoms with van der Waals surface area (Å²) in [6.07, 6.45) is 7.23. The van der Waals surface area contributed by atoms with Crippen LogP contribution in [0.25, 0.3) is 0 Å². The fourth-order valence-corrected chi connectivity index (χ4v) is 3.80. The predicted molar refractivity (Wildman–Crippen MR) is 115 cm³/mol. The van der Waals surface area contributed by atoms with Gasteiger partial charge in [0.05, 0.1) is 17.2 Å². The highest BCUT2D eigenvalue weighted by Gasteiger charge is 2.16. The van der Waals surface area contributed by atoms with Gasteiger partial charge in [-0.15, -0.1) is 11.8 Å². The van der Waals surface area contributed by atoms with Crippen LogP contribution in [0.1, 0.15) is 64.4 Å². The Labute approximate surface area is 172 Å². The Kier molecular flexibility index (Phi) is 12.9. The number of carbonyl (C=O) groups excluding carboxylic acids is 1. The van der Waals surface area contributed by atoms with E-state index in [0.29, 0.717) is 23.8 Å². The molecule has 0 fully saturated rings. The standard InChI is InChI=1S/C22H33NO4S/c1-3-5-6-7-8-12-16-27-22(26)23-20(19(4-2)21(24)25)28-17-15-18-13-10-9-11-14-18/h9-11,13-14H,3-8,12,15-17H2,1-2H3,(H,23,26)(H,24,25)/b20-19+. The van der Waals surface area contributed by atoms with Crippen LogP contribution in [0.5, 0.6) is 0 Å². The van der Waals surface area contributed by atoms with Crippen LogP contribution in [0, 0.1) is 0 Å². The van der Waals surface area contributed by atoms with Gasteiger partial charge in [-0.2, -0.15) is 0 Å². The Hall–Kier alpha value is -1.95. The Balaban J connectivity index is 2.49. The molecule has 156 valence electrons. The van der Waals surface area contributed by atoms with Gasteiger partial charge in [0.1, 0.15) is 0 Å². The molecular weight excluding hydrogens is 374 g/mol. The highest BCUT2D eigenvalue weighted by Crippen LogP contribution is 2.21. The van der Waals surface area contributed by atoms with Crippen molar-refractivity contribution >= 4 is 23.8 Å². The van der Waals surface area contributed by atoms with Gasteiger partial charge < -0.3 is 9.84 Å². The second-order valence-corrected chi connectivity index (χ2v) is 7.68. The van der Waals surface area contributed by atoms with Gasteiger partial charge in [0.2, 0.25) is 0 Å². The molecule has 0 aliphatic heterocycles. The Bertz CT molecular complexity index is 616. The summed E-state index contributed by atoms with van der Waals surface area (Å²) in [6.45, 7) is 4.30. The molecule has 5 nitrogen and oxygen atoms in total. The fourth-order valence-electron chi connectivity index (χ4n) is 2.70. The van der Waals surface area contributed by atoms with E-state index >= 15 is 0 Å². The van der Waals surface area contributed by atoms with E-state index in [2.05, 4.69) is 12.2 Å². The number of carbonyl (C=O) groups is 2. The molecule has 0 spiro atoms. The minimum absolute atomic E-state index is 0.203. The van der Waals surface area contributed by atoms with Crippen LogP contribution in [0.4, 0.5) is 4.79 Å². The molecule has 0 aliphatic carbocycles. The lowest BCUT2D eigenvalue weighted by Gasteiger charge is -2.13. The first-order valence-electron chi connectivity index (χ1n) is 10.1. The molecule has 28 heavy (non-hydrogen) atoms. The molecule has 0 saturated carbocycles. The minimum Gasteiger partial charge on any atom is -0.478 e. The number of carboxylic acids is 1. The lowest BCUT2D eigenvalue weighted by atomic mass is 10.1. The highest BCUT2D eigenvalue weighted by atomic mass is 32.2. The number of hydrogen-bond acceptors (Lipinski definition) is 4. The first-order chi connectivity index (χ1) is 13.6. The summed E-state index contributed by atoms with van der Waals surface area (Å²) in [7, 11) is 0. The van der Waals surface area contributed by atoms with E-state index in [1.54, 1.807) is 6.92 Å². The number of alkyl carbamates (subject to hydrolysis) is 1. The third kappa shape index (κ3) is 10.4. The van der Waals surface area contributed by atoms with Crippen LogP contribution < -0.4 is 5.32 Å². The van der Waals surface area contributed by atoms with Gasteiger partial charge >= 0.3 is 12.1 Å². The summed E-state index contributed by atoms with van der Waals surface area (Å²) < 4.78 is 5.23. The van der Waals surface area contributed by atoms with Crippen molar-refractivity contribution in [3.05, 3.63) is 46.5 Å². The molecule has 1 aromatic rings. The zero-order valence-electron chi connectivity index (χ0n) is 17.0. The molecule has 0 bridgehead atoms. The third-order valence-electron chi connectivity index (χ3n) is 4.31. The van der Waals surface area contributed by atoms with Gasteiger partial charge in [0.15, 0.2) is 0 Å². The normalized spacial score (nSPS) is 11.6. The van der Waals surface area contributed by atoms with E-state index in [9.17, 15) is 14.7 Å². The topological polar surface area (TPSA) is 75.6 Å². The maximum Gasteiger partial charge on any atom is 0.412 e. The quantitative estimate of drug-likeness (QED) is 0.303. The second-order valence-electron chi connectivity index (χ2n) is 6.58. The Morgan fingerprint density at radius 2 is 1.71 bits per heavy atom. The van der Waals surface area contributed by atoms with Gasteiger partial charge in [-0.25, -0.2) is 9.59 Å². The SMILES string of the molecule is CCCCCCCCOC(=O)N/C(SCCc1ccccc1)=C(/CC)C(=O)O. The number of benzene rings is 1. The van der Waals surface area contributed by atoms with Crippen molar-refractivity contribution in [1.82, 2.24) is 5.32 Å². The van der Waals surface area contributed by atoms with Crippen LogP contribution >= 0.6 is 11.8 Å². The number of amides is 1. The largest absolute Gasteiger partial charge is 0.478 e. The number of aryl methyl sites for hydroxylation is 1. The first kappa shape index (κ1) is 24.1. The Morgan fingerprint density at radius 3 is 2.36 bits per heavy atom. The molecule has 0 atom stereocenters. The molecule has 0 aliphatic rings. The number of carboxylic acid groups (broad SMARTS) is 1. The predicted octanol–water partition coefficient (Wildman–Crippen LogP) is 5.76. The van der Waals surface area contributed by atoms with Crippen molar-refractivity contribution in [3.63, 3.8) is 0 Å². The van der Waals surface area contributed by atoms with Crippen molar-refractivity contribution in [1.29, 1.82) is 0 Å². The summed E-state index contributed by atoms with van der Waals surface area (Å²) in [5, 5.41) is 12.4. The molecule has 0 heterocycles. The number of hydrogen-bond donors (Lipinski definition) is 2. The average Bonchev–Trinajstić information content (AvgIpc) is 2.68.